The highest BCUT2D eigenvalue weighted by molar-refractivity contribution is 6.16. The normalized spacial score (nSPS) is 18.7. The molecular formula is C28H28N2O6. The molecule has 0 spiro atoms. The summed E-state index contributed by atoms with van der Waals surface area (Å²) < 4.78 is 16.9. The summed E-state index contributed by atoms with van der Waals surface area (Å²) in [6.45, 7) is 7.73. The number of para-hydroxylation sites is 1. The van der Waals surface area contributed by atoms with Gasteiger partial charge in [0.2, 0.25) is 5.78 Å². The highest BCUT2D eigenvalue weighted by Gasteiger charge is 2.44. The molecule has 1 saturated heterocycles. The molecule has 2 aromatic carbocycles. The first-order valence-electron chi connectivity index (χ1n) is 12.0. The summed E-state index contributed by atoms with van der Waals surface area (Å²) in [6.07, 6.45) is 1.64. The number of furan rings is 1. The van der Waals surface area contributed by atoms with Gasteiger partial charge in [0.15, 0.2) is 11.5 Å². The van der Waals surface area contributed by atoms with Gasteiger partial charge in [-0.25, -0.2) is 0 Å². The van der Waals surface area contributed by atoms with Crippen molar-refractivity contribution in [3.63, 3.8) is 0 Å². The van der Waals surface area contributed by atoms with E-state index >= 15 is 0 Å². The topological polar surface area (TPSA) is 92.5 Å². The first kappa shape index (κ1) is 23.8. The van der Waals surface area contributed by atoms with Gasteiger partial charge in [0.05, 0.1) is 24.8 Å². The van der Waals surface area contributed by atoms with Crippen LogP contribution >= 0.6 is 0 Å². The van der Waals surface area contributed by atoms with E-state index < -0.39 is 23.5 Å². The molecule has 3 aromatic rings. The van der Waals surface area contributed by atoms with Crippen molar-refractivity contribution < 1.29 is 28.6 Å². The predicted octanol–water partition coefficient (Wildman–Crippen LogP) is 3.91. The zero-order chi connectivity index (χ0) is 25.1. The molecule has 0 bridgehead atoms. The predicted molar refractivity (Wildman–Crippen MR) is 134 cm³/mol. The number of rotatable bonds is 9. The van der Waals surface area contributed by atoms with E-state index in [0.717, 1.165) is 18.5 Å². The van der Waals surface area contributed by atoms with E-state index in [2.05, 4.69) is 11.5 Å². The molecule has 0 radical (unpaired) electrons. The maximum Gasteiger partial charge on any atom is 0.290 e. The van der Waals surface area contributed by atoms with Gasteiger partial charge in [-0.05, 0) is 29.8 Å². The van der Waals surface area contributed by atoms with Gasteiger partial charge in [-0.2, -0.15) is 0 Å². The number of morpholine rings is 1. The lowest BCUT2D eigenvalue weighted by molar-refractivity contribution is -0.129. The summed E-state index contributed by atoms with van der Waals surface area (Å²) in [5, 5.41) is 11.7. The number of carbonyl (C=O) groups excluding carboxylic acids is 2. The number of aliphatic hydroxyl groups excluding tert-OH is 1. The second-order valence-electron chi connectivity index (χ2n) is 8.77. The Balaban J connectivity index is 1.51. The first-order valence-corrected chi connectivity index (χ1v) is 12.0. The van der Waals surface area contributed by atoms with Crippen molar-refractivity contribution in [2.24, 2.45) is 0 Å². The monoisotopic (exact) mass is 488 g/mol. The number of nitrogens with zero attached hydrogens (tertiary/aromatic N) is 2. The molecule has 1 atom stereocenters. The van der Waals surface area contributed by atoms with Gasteiger partial charge in [0.25, 0.3) is 5.91 Å². The number of hydrogen-bond donors (Lipinski definition) is 1. The van der Waals surface area contributed by atoms with Crippen molar-refractivity contribution >= 4 is 22.7 Å². The third kappa shape index (κ3) is 4.65. The van der Waals surface area contributed by atoms with Gasteiger partial charge in [0, 0.05) is 31.6 Å². The molecule has 2 aliphatic heterocycles. The number of hydrogen-bond acceptors (Lipinski definition) is 7. The lowest BCUT2D eigenvalue weighted by atomic mass is 9.95. The minimum absolute atomic E-state index is 0.00176. The number of amides is 1. The van der Waals surface area contributed by atoms with Crippen molar-refractivity contribution in [1.82, 2.24) is 9.80 Å². The van der Waals surface area contributed by atoms with Crippen LogP contribution in [-0.4, -0.2) is 72.6 Å². The number of carbonyl (C=O) groups is 2. The van der Waals surface area contributed by atoms with Gasteiger partial charge in [-0.1, -0.05) is 43.0 Å². The summed E-state index contributed by atoms with van der Waals surface area (Å²) in [5.74, 6) is -0.997. The zero-order valence-corrected chi connectivity index (χ0v) is 19.9. The Labute approximate surface area is 209 Å². The molecule has 0 saturated carbocycles. The van der Waals surface area contributed by atoms with Crippen LogP contribution in [-0.2, 0) is 9.53 Å². The lowest BCUT2D eigenvalue weighted by Crippen LogP contribution is -2.43. The Morgan fingerprint density at radius 1 is 1.11 bits per heavy atom. The summed E-state index contributed by atoms with van der Waals surface area (Å²) >= 11 is 0. The van der Waals surface area contributed by atoms with Crippen LogP contribution in [0.2, 0.25) is 0 Å². The molecule has 1 amide bonds. The van der Waals surface area contributed by atoms with E-state index in [0.29, 0.717) is 49.8 Å². The summed E-state index contributed by atoms with van der Waals surface area (Å²) in [5.41, 5.74) is 1.23. The second-order valence-corrected chi connectivity index (χ2v) is 8.77. The highest BCUT2D eigenvalue weighted by Crippen LogP contribution is 2.40. The molecule has 3 heterocycles. The van der Waals surface area contributed by atoms with Crippen LogP contribution in [0.1, 0.15) is 22.2 Å². The molecule has 1 unspecified atom stereocenters. The van der Waals surface area contributed by atoms with Crippen LogP contribution in [0.5, 0.6) is 5.75 Å². The van der Waals surface area contributed by atoms with Crippen LogP contribution in [0.15, 0.2) is 83.0 Å². The summed E-state index contributed by atoms with van der Waals surface area (Å²) in [6, 6.07) is 15.4. The third-order valence-electron chi connectivity index (χ3n) is 6.50. The molecule has 8 heteroatoms. The quantitative estimate of drug-likeness (QED) is 0.361. The maximum atomic E-state index is 13.7. The lowest BCUT2D eigenvalue weighted by Gasteiger charge is -2.31. The number of aliphatic hydroxyl groups is 1. The molecule has 1 fully saturated rings. The van der Waals surface area contributed by atoms with E-state index in [1.807, 2.05) is 24.3 Å². The van der Waals surface area contributed by atoms with Crippen molar-refractivity contribution in [2.45, 2.75) is 6.04 Å². The Morgan fingerprint density at radius 3 is 2.69 bits per heavy atom. The number of ketones is 1. The largest absolute Gasteiger partial charge is 0.503 e. The number of Topliss-reactive ketones (excluding diaryl/α,β-unsaturated/α-hetero) is 1. The van der Waals surface area contributed by atoms with Gasteiger partial charge in [-0.15, -0.1) is 0 Å². The van der Waals surface area contributed by atoms with Crippen molar-refractivity contribution in [2.75, 3.05) is 46.0 Å². The van der Waals surface area contributed by atoms with E-state index in [1.54, 1.807) is 41.3 Å². The third-order valence-corrected chi connectivity index (χ3v) is 6.50. The van der Waals surface area contributed by atoms with Gasteiger partial charge in [0.1, 0.15) is 17.9 Å². The number of ether oxygens (including phenoxy) is 2. The Morgan fingerprint density at radius 2 is 1.92 bits per heavy atom. The Bertz CT molecular complexity index is 1290. The van der Waals surface area contributed by atoms with Crippen LogP contribution in [0.25, 0.3) is 11.0 Å². The van der Waals surface area contributed by atoms with E-state index in [1.165, 1.54) is 0 Å². The van der Waals surface area contributed by atoms with Crippen LogP contribution in [0.3, 0.4) is 0 Å². The number of fused-ring (bicyclic) bond motifs is 1. The Hall–Kier alpha value is -3.88. The van der Waals surface area contributed by atoms with E-state index in [9.17, 15) is 14.7 Å². The first-order chi connectivity index (χ1) is 17.6. The SMILES string of the molecule is C=CCOc1cccc(C2C(C(=O)c3cc4ccccc4o3)=C(O)C(=O)N2CCN2CCOCC2)c1. The van der Waals surface area contributed by atoms with Crippen LogP contribution in [0.4, 0.5) is 0 Å². The average molecular weight is 489 g/mol. The molecule has 2 aliphatic rings. The highest BCUT2D eigenvalue weighted by atomic mass is 16.5. The fraction of sp³-hybridized carbons (Fsp3) is 0.286. The zero-order valence-electron chi connectivity index (χ0n) is 19.9. The average Bonchev–Trinajstić information content (AvgIpc) is 3.46. The smallest absolute Gasteiger partial charge is 0.290 e. The molecule has 186 valence electrons. The van der Waals surface area contributed by atoms with Crippen LogP contribution < -0.4 is 4.74 Å². The molecule has 36 heavy (non-hydrogen) atoms. The minimum atomic E-state index is -0.786. The molecule has 1 aromatic heterocycles. The van der Waals surface area contributed by atoms with Gasteiger partial charge in [-0.3, -0.25) is 14.5 Å². The minimum Gasteiger partial charge on any atom is -0.503 e. The van der Waals surface area contributed by atoms with E-state index in [-0.39, 0.29) is 11.3 Å². The maximum absolute atomic E-state index is 13.7. The molecule has 1 N–H and O–H groups in total. The van der Waals surface area contributed by atoms with Crippen molar-refractivity contribution in [3.05, 3.63) is 89.9 Å². The fourth-order valence-electron chi connectivity index (χ4n) is 4.69. The molecular weight excluding hydrogens is 460 g/mol. The van der Waals surface area contributed by atoms with Crippen molar-refractivity contribution in [1.29, 1.82) is 0 Å². The second kappa shape index (κ2) is 10.4. The van der Waals surface area contributed by atoms with Crippen LogP contribution in [0, 0.1) is 0 Å². The molecule has 0 aliphatic carbocycles. The summed E-state index contributed by atoms with van der Waals surface area (Å²) in [7, 11) is 0. The Kier molecular flexibility index (Phi) is 6.88. The standard InChI is InChI=1S/C28H28N2O6/c1-2-14-35-21-8-5-7-20(17-21)25-24(26(31)23-18-19-6-3-4-9-22(19)36-23)27(32)28(33)30(25)11-10-29-12-15-34-16-13-29/h2-9,17-18,25,32H,1,10-16H2. The molecule has 5 rings (SSSR count). The van der Waals surface area contributed by atoms with Crippen molar-refractivity contribution in [3.8, 4) is 5.75 Å². The van der Waals surface area contributed by atoms with Gasteiger partial charge >= 0.3 is 0 Å². The van der Waals surface area contributed by atoms with E-state index in [4.69, 9.17) is 13.9 Å². The summed E-state index contributed by atoms with van der Waals surface area (Å²) in [4.78, 5) is 30.7. The molecule has 8 nitrogen and oxygen atoms in total. The number of benzene rings is 2. The fourth-order valence-corrected chi connectivity index (χ4v) is 4.69. The van der Waals surface area contributed by atoms with Gasteiger partial charge < -0.3 is 23.9 Å².